The average Bonchev–Trinajstić information content (AvgIpc) is 2.27. The highest BCUT2D eigenvalue weighted by molar-refractivity contribution is 6.30. The zero-order valence-corrected chi connectivity index (χ0v) is 12.9. The molecule has 0 unspecified atom stereocenters. The second-order valence-corrected chi connectivity index (χ2v) is 5.95. The Balaban J connectivity index is 3.03. The van der Waals surface area contributed by atoms with Crippen molar-refractivity contribution in [2.24, 2.45) is 5.41 Å². The van der Waals surface area contributed by atoms with Gasteiger partial charge in [0.1, 0.15) is 5.15 Å². The van der Waals surface area contributed by atoms with Crippen LogP contribution in [0.4, 0.5) is 0 Å². The van der Waals surface area contributed by atoms with E-state index in [4.69, 9.17) is 11.6 Å². The standard InChI is InChI=1S/C14H21ClN2O2/c1-6-17-9(2)7-11(18)10(12(17)15)8-16-13(19)14(3,4)5/h7H,6,8H2,1-5H3,(H,16,19). The number of hydrogen-bond acceptors (Lipinski definition) is 2. The van der Waals surface area contributed by atoms with Gasteiger partial charge in [-0.1, -0.05) is 32.4 Å². The Labute approximate surface area is 118 Å². The Hall–Kier alpha value is -1.29. The monoisotopic (exact) mass is 284 g/mol. The molecule has 1 N–H and O–H groups in total. The Bertz CT molecular complexity index is 542. The highest BCUT2D eigenvalue weighted by Gasteiger charge is 2.21. The lowest BCUT2D eigenvalue weighted by molar-refractivity contribution is -0.128. The van der Waals surface area contributed by atoms with Crippen LogP contribution in [0.5, 0.6) is 0 Å². The summed E-state index contributed by atoms with van der Waals surface area (Å²) in [7, 11) is 0. The molecule has 106 valence electrons. The normalized spacial score (nSPS) is 11.5. The molecule has 0 aromatic carbocycles. The van der Waals surface area contributed by atoms with Gasteiger partial charge in [-0.3, -0.25) is 9.59 Å². The maximum Gasteiger partial charge on any atom is 0.225 e. The molecule has 0 aliphatic heterocycles. The van der Waals surface area contributed by atoms with Crippen LogP contribution in [0.2, 0.25) is 5.15 Å². The molecule has 0 saturated carbocycles. The number of halogens is 1. The number of hydrogen-bond donors (Lipinski definition) is 1. The number of carbonyl (C=O) groups excluding carboxylic acids is 1. The average molecular weight is 285 g/mol. The molecule has 0 spiro atoms. The van der Waals surface area contributed by atoms with Crippen LogP contribution in [0.3, 0.4) is 0 Å². The molecule has 4 nitrogen and oxygen atoms in total. The van der Waals surface area contributed by atoms with Crippen molar-refractivity contribution in [1.29, 1.82) is 0 Å². The van der Waals surface area contributed by atoms with Gasteiger partial charge < -0.3 is 9.88 Å². The summed E-state index contributed by atoms with van der Waals surface area (Å²) >= 11 is 6.23. The zero-order valence-electron chi connectivity index (χ0n) is 12.1. The van der Waals surface area contributed by atoms with Crippen LogP contribution in [-0.4, -0.2) is 10.5 Å². The highest BCUT2D eigenvalue weighted by Crippen LogP contribution is 2.16. The van der Waals surface area contributed by atoms with Gasteiger partial charge >= 0.3 is 0 Å². The summed E-state index contributed by atoms with van der Waals surface area (Å²) in [4.78, 5) is 23.8. The van der Waals surface area contributed by atoms with E-state index in [2.05, 4.69) is 5.32 Å². The van der Waals surface area contributed by atoms with E-state index in [9.17, 15) is 9.59 Å². The third kappa shape index (κ3) is 3.60. The number of amides is 1. The molecule has 0 aliphatic rings. The lowest BCUT2D eigenvalue weighted by Gasteiger charge is -2.19. The largest absolute Gasteiger partial charge is 0.351 e. The van der Waals surface area contributed by atoms with Gasteiger partial charge in [0.25, 0.3) is 0 Å². The van der Waals surface area contributed by atoms with Crippen molar-refractivity contribution in [1.82, 2.24) is 9.88 Å². The van der Waals surface area contributed by atoms with Crippen LogP contribution in [0, 0.1) is 12.3 Å². The second kappa shape index (κ2) is 5.78. The van der Waals surface area contributed by atoms with Gasteiger partial charge in [-0.15, -0.1) is 0 Å². The smallest absolute Gasteiger partial charge is 0.225 e. The molecule has 1 amide bonds. The Morgan fingerprint density at radius 3 is 2.47 bits per heavy atom. The number of carbonyl (C=O) groups is 1. The minimum Gasteiger partial charge on any atom is -0.351 e. The summed E-state index contributed by atoms with van der Waals surface area (Å²) in [6, 6.07) is 1.55. The predicted octanol–water partition coefficient (Wildman–Crippen LogP) is 2.49. The van der Waals surface area contributed by atoms with Gasteiger partial charge in [0.2, 0.25) is 5.91 Å². The number of nitrogens with zero attached hydrogens (tertiary/aromatic N) is 1. The zero-order chi connectivity index (χ0) is 14.8. The topological polar surface area (TPSA) is 51.1 Å². The molecular formula is C14H21ClN2O2. The van der Waals surface area contributed by atoms with E-state index < -0.39 is 5.41 Å². The Morgan fingerprint density at radius 2 is 2.00 bits per heavy atom. The number of aryl methyl sites for hydroxylation is 1. The summed E-state index contributed by atoms with van der Waals surface area (Å²) in [5, 5.41) is 3.16. The van der Waals surface area contributed by atoms with E-state index >= 15 is 0 Å². The van der Waals surface area contributed by atoms with Crippen molar-refractivity contribution in [2.45, 2.75) is 47.7 Å². The van der Waals surface area contributed by atoms with Crippen molar-refractivity contribution in [3.8, 4) is 0 Å². The maximum atomic E-state index is 11.9. The van der Waals surface area contributed by atoms with Crippen molar-refractivity contribution >= 4 is 17.5 Å². The van der Waals surface area contributed by atoms with Gasteiger partial charge in [0, 0.05) is 30.3 Å². The first-order valence-corrected chi connectivity index (χ1v) is 6.73. The fourth-order valence-corrected chi connectivity index (χ4v) is 2.17. The van der Waals surface area contributed by atoms with Gasteiger partial charge in [0.15, 0.2) is 5.43 Å². The molecule has 19 heavy (non-hydrogen) atoms. The van der Waals surface area contributed by atoms with Gasteiger partial charge in [-0.25, -0.2) is 0 Å². The summed E-state index contributed by atoms with van der Waals surface area (Å²) < 4.78 is 1.85. The number of aromatic nitrogens is 1. The molecule has 1 heterocycles. The Kier molecular flexibility index (Phi) is 4.80. The van der Waals surface area contributed by atoms with Crippen molar-refractivity contribution in [3.63, 3.8) is 0 Å². The molecule has 0 fully saturated rings. The lowest BCUT2D eigenvalue weighted by atomic mass is 9.95. The molecule has 0 atom stereocenters. The van der Waals surface area contributed by atoms with Crippen LogP contribution in [-0.2, 0) is 17.9 Å². The molecule has 0 bridgehead atoms. The summed E-state index contributed by atoms with van der Waals surface area (Å²) in [6.45, 7) is 10.1. The van der Waals surface area contributed by atoms with Crippen LogP contribution in [0.15, 0.2) is 10.9 Å². The molecule has 0 saturated heterocycles. The fraction of sp³-hybridized carbons (Fsp3) is 0.571. The number of pyridine rings is 1. The van der Waals surface area contributed by atoms with Crippen LogP contribution in [0.25, 0.3) is 0 Å². The van der Waals surface area contributed by atoms with Crippen LogP contribution < -0.4 is 10.7 Å². The van der Waals surface area contributed by atoms with Crippen molar-refractivity contribution in [3.05, 3.63) is 32.7 Å². The molecule has 5 heteroatoms. The third-order valence-corrected chi connectivity index (χ3v) is 3.40. The molecule has 1 rings (SSSR count). The van der Waals surface area contributed by atoms with E-state index in [-0.39, 0.29) is 17.9 Å². The first-order valence-electron chi connectivity index (χ1n) is 6.35. The van der Waals surface area contributed by atoms with Crippen molar-refractivity contribution < 1.29 is 4.79 Å². The second-order valence-electron chi connectivity index (χ2n) is 5.60. The highest BCUT2D eigenvalue weighted by atomic mass is 35.5. The molecule has 1 aromatic rings. The summed E-state index contributed by atoms with van der Waals surface area (Å²) in [6.07, 6.45) is 0. The minimum atomic E-state index is -0.485. The van der Waals surface area contributed by atoms with Gasteiger partial charge in [0.05, 0.1) is 5.56 Å². The van der Waals surface area contributed by atoms with E-state index in [0.29, 0.717) is 17.3 Å². The van der Waals surface area contributed by atoms with E-state index in [1.807, 2.05) is 39.2 Å². The third-order valence-electron chi connectivity index (χ3n) is 2.97. The van der Waals surface area contributed by atoms with Gasteiger partial charge in [-0.05, 0) is 13.8 Å². The lowest BCUT2D eigenvalue weighted by Crippen LogP contribution is -2.36. The first-order chi connectivity index (χ1) is 8.68. The van der Waals surface area contributed by atoms with Gasteiger partial charge in [-0.2, -0.15) is 0 Å². The van der Waals surface area contributed by atoms with Crippen molar-refractivity contribution in [2.75, 3.05) is 0 Å². The SMILES string of the molecule is CCn1c(C)cc(=O)c(CNC(=O)C(C)(C)C)c1Cl. The molecule has 1 aromatic heterocycles. The van der Waals surface area contributed by atoms with Crippen LogP contribution >= 0.6 is 11.6 Å². The molecular weight excluding hydrogens is 264 g/mol. The van der Waals surface area contributed by atoms with E-state index in [1.165, 1.54) is 0 Å². The van der Waals surface area contributed by atoms with E-state index in [1.54, 1.807) is 6.07 Å². The fourth-order valence-electron chi connectivity index (χ4n) is 1.76. The maximum absolute atomic E-state index is 11.9. The Morgan fingerprint density at radius 1 is 1.42 bits per heavy atom. The van der Waals surface area contributed by atoms with E-state index in [0.717, 1.165) is 5.69 Å². The number of rotatable bonds is 3. The number of nitrogens with one attached hydrogen (secondary N) is 1. The molecule has 0 aliphatic carbocycles. The minimum absolute atomic E-state index is 0.105. The first kappa shape index (κ1) is 15.8. The summed E-state index contributed by atoms with van der Waals surface area (Å²) in [5.41, 5.74) is 0.637. The quantitative estimate of drug-likeness (QED) is 0.867. The van der Waals surface area contributed by atoms with Crippen LogP contribution in [0.1, 0.15) is 39.0 Å². The molecule has 0 radical (unpaired) electrons. The predicted molar refractivity (Wildman–Crippen MR) is 77.4 cm³/mol. The summed E-state index contributed by atoms with van der Waals surface area (Å²) in [5.74, 6) is -0.105.